The number of rotatable bonds is 4. The molecule has 2 aromatic rings. The van der Waals surface area contributed by atoms with Crippen molar-refractivity contribution in [3.05, 3.63) is 52.1 Å². The zero-order valence-electron chi connectivity index (χ0n) is 12.1. The highest BCUT2D eigenvalue weighted by molar-refractivity contribution is 9.10. The fraction of sp³-hybridized carbons (Fsp3) is 0.250. The molecule has 1 aromatic heterocycles. The zero-order chi connectivity index (χ0) is 15.4. The van der Waals surface area contributed by atoms with E-state index in [1.54, 1.807) is 6.07 Å². The topological polar surface area (TPSA) is 68.0 Å². The molecule has 1 aromatic carbocycles. The van der Waals surface area contributed by atoms with Crippen LogP contribution < -0.4 is 11.1 Å². The van der Waals surface area contributed by atoms with Crippen molar-refractivity contribution in [3.63, 3.8) is 0 Å². The fourth-order valence-electron chi connectivity index (χ4n) is 2.03. The van der Waals surface area contributed by atoms with Gasteiger partial charge in [-0.15, -0.1) is 0 Å². The molecule has 0 aliphatic heterocycles. The Morgan fingerprint density at radius 1 is 1.29 bits per heavy atom. The molecule has 21 heavy (non-hydrogen) atoms. The monoisotopic (exact) mass is 347 g/mol. The van der Waals surface area contributed by atoms with Gasteiger partial charge in [0.2, 0.25) is 5.91 Å². The lowest BCUT2D eigenvalue weighted by Gasteiger charge is -2.12. The number of halogens is 1. The predicted molar refractivity (Wildman–Crippen MR) is 89.2 cm³/mol. The van der Waals surface area contributed by atoms with Crippen LogP contribution in [-0.2, 0) is 4.79 Å². The zero-order valence-corrected chi connectivity index (χ0v) is 13.6. The highest BCUT2D eigenvalue weighted by Gasteiger charge is 2.12. The maximum Gasteiger partial charge on any atom is 0.226 e. The van der Waals surface area contributed by atoms with Crippen LogP contribution in [0.25, 0.3) is 0 Å². The van der Waals surface area contributed by atoms with Gasteiger partial charge in [-0.1, -0.05) is 19.1 Å². The second kappa shape index (κ2) is 6.72. The summed E-state index contributed by atoms with van der Waals surface area (Å²) in [6.07, 6.45) is 0.403. The molecule has 0 radical (unpaired) electrons. The molecule has 0 aliphatic rings. The lowest BCUT2D eigenvalue weighted by atomic mass is 9.97. The largest absolute Gasteiger partial charge is 0.399 e. The van der Waals surface area contributed by atoms with Crippen molar-refractivity contribution in [1.82, 2.24) is 4.98 Å². The first-order valence-electron chi connectivity index (χ1n) is 6.74. The van der Waals surface area contributed by atoms with Crippen molar-refractivity contribution in [2.24, 2.45) is 0 Å². The van der Waals surface area contributed by atoms with Crippen LogP contribution in [0.3, 0.4) is 0 Å². The van der Waals surface area contributed by atoms with Gasteiger partial charge in [-0.3, -0.25) is 4.79 Å². The highest BCUT2D eigenvalue weighted by Crippen LogP contribution is 2.21. The predicted octanol–water partition coefficient (Wildman–Crippen LogP) is 3.87. The second-order valence-corrected chi connectivity index (χ2v) is 5.94. The molecule has 0 fully saturated rings. The summed E-state index contributed by atoms with van der Waals surface area (Å²) in [6, 6.07) is 11.3. The number of carbonyl (C=O) groups is 1. The van der Waals surface area contributed by atoms with E-state index < -0.39 is 0 Å². The summed E-state index contributed by atoms with van der Waals surface area (Å²) < 4.78 is 0.927. The minimum Gasteiger partial charge on any atom is -0.399 e. The van der Waals surface area contributed by atoms with Gasteiger partial charge in [0.15, 0.2) is 0 Å². The first-order chi connectivity index (χ1) is 9.95. The van der Waals surface area contributed by atoms with Crippen LogP contribution in [-0.4, -0.2) is 10.9 Å². The van der Waals surface area contributed by atoms with E-state index in [9.17, 15) is 4.79 Å². The number of anilines is 2. The van der Waals surface area contributed by atoms with Crippen LogP contribution in [0, 0.1) is 6.92 Å². The Morgan fingerprint density at radius 3 is 2.57 bits per heavy atom. The van der Waals surface area contributed by atoms with Crippen LogP contribution in [0.2, 0.25) is 0 Å². The molecule has 0 bridgehead atoms. The van der Waals surface area contributed by atoms with Crippen LogP contribution in [0.1, 0.15) is 30.5 Å². The Labute approximate surface area is 132 Å². The van der Waals surface area contributed by atoms with E-state index in [0.717, 1.165) is 21.4 Å². The molecular formula is C16H18BrN3O. The molecule has 0 saturated carbocycles. The van der Waals surface area contributed by atoms with Gasteiger partial charge in [0.25, 0.3) is 0 Å². The van der Waals surface area contributed by atoms with Crippen molar-refractivity contribution in [2.75, 3.05) is 11.1 Å². The molecular weight excluding hydrogens is 330 g/mol. The van der Waals surface area contributed by atoms with E-state index in [0.29, 0.717) is 12.2 Å². The molecule has 3 N–H and O–H groups in total. The van der Waals surface area contributed by atoms with Gasteiger partial charge in [0, 0.05) is 16.6 Å². The second-order valence-electron chi connectivity index (χ2n) is 5.08. The number of nitrogens with two attached hydrogens (primary N) is 1. The Bertz CT molecular complexity index is 640. The minimum absolute atomic E-state index is 0.0476. The van der Waals surface area contributed by atoms with Crippen LogP contribution in [0.4, 0.5) is 11.5 Å². The van der Waals surface area contributed by atoms with E-state index >= 15 is 0 Å². The number of carbonyl (C=O) groups excluding carboxylic acids is 1. The van der Waals surface area contributed by atoms with Crippen LogP contribution in [0.5, 0.6) is 0 Å². The van der Waals surface area contributed by atoms with Gasteiger partial charge < -0.3 is 11.1 Å². The van der Waals surface area contributed by atoms with Crippen molar-refractivity contribution < 1.29 is 4.79 Å². The Hall–Kier alpha value is -1.88. The fourth-order valence-corrected chi connectivity index (χ4v) is 2.25. The van der Waals surface area contributed by atoms with Gasteiger partial charge in [-0.05, 0) is 58.6 Å². The first-order valence-corrected chi connectivity index (χ1v) is 7.53. The SMILES string of the molecule is Cc1nc(NC(=O)CC(C)c2ccc(N)cc2)ccc1Br. The minimum atomic E-state index is -0.0476. The summed E-state index contributed by atoms with van der Waals surface area (Å²) in [5.41, 5.74) is 8.34. The molecule has 1 heterocycles. The normalized spacial score (nSPS) is 12.0. The maximum atomic E-state index is 12.1. The molecule has 2 rings (SSSR count). The number of hydrogen-bond donors (Lipinski definition) is 2. The quantitative estimate of drug-likeness (QED) is 0.825. The number of aryl methyl sites for hydroxylation is 1. The van der Waals surface area contributed by atoms with E-state index in [2.05, 4.69) is 26.2 Å². The average Bonchev–Trinajstić information content (AvgIpc) is 2.43. The van der Waals surface area contributed by atoms with Gasteiger partial charge in [0.1, 0.15) is 5.82 Å². The van der Waals surface area contributed by atoms with Crippen LogP contribution >= 0.6 is 15.9 Å². The Morgan fingerprint density at radius 2 is 1.95 bits per heavy atom. The lowest BCUT2D eigenvalue weighted by Crippen LogP contribution is -2.15. The smallest absolute Gasteiger partial charge is 0.226 e. The van der Waals surface area contributed by atoms with Crippen LogP contribution in [0.15, 0.2) is 40.9 Å². The number of aromatic nitrogens is 1. The van der Waals surface area contributed by atoms with Crippen molar-refractivity contribution in [3.8, 4) is 0 Å². The summed E-state index contributed by atoms with van der Waals surface area (Å²) in [5, 5.41) is 2.83. The van der Waals surface area contributed by atoms with E-state index in [-0.39, 0.29) is 11.8 Å². The molecule has 5 heteroatoms. The number of nitrogens with zero attached hydrogens (tertiary/aromatic N) is 1. The van der Waals surface area contributed by atoms with Gasteiger partial charge in [0.05, 0.1) is 5.69 Å². The molecule has 4 nitrogen and oxygen atoms in total. The van der Waals surface area contributed by atoms with E-state index in [4.69, 9.17) is 5.73 Å². The maximum absolute atomic E-state index is 12.1. The number of pyridine rings is 1. The first kappa shape index (κ1) is 15.5. The Kier molecular flexibility index (Phi) is 4.96. The van der Waals surface area contributed by atoms with E-state index in [1.165, 1.54) is 0 Å². The molecule has 0 saturated heterocycles. The molecule has 1 unspecified atom stereocenters. The molecule has 110 valence electrons. The van der Waals surface area contributed by atoms with Gasteiger partial charge in [-0.2, -0.15) is 0 Å². The number of nitrogen functional groups attached to an aromatic ring is 1. The lowest BCUT2D eigenvalue weighted by molar-refractivity contribution is -0.116. The van der Waals surface area contributed by atoms with Crippen molar-refractivity contribution >= 4 is 33.3 Å². The number of benzene rings is 1. The van der Waals surface area contributed by atoms with Gasteiger partial charge >= 0.3 is 0 Å². The standard InChI is InChI=1S/C16H18BrN3O/c1-10(12-3-5-13(18)6-4-12)9-16(21)20-15-8-7-14(17)11(2)19-15/h3-8,10H,9,18H2,1-2H3,(H,19,20,21). The summed E-state index contributed by atoms with van der Waals surface area (Å²) in [6.45, 7) is 3.90. The summed E-state index contributed by atoms with van der Waals surface area (Å²) in [5.74, 6) is 0.654. The summed E-state index contributed by atoms with van der Waals surface area (Å²) in [7, 11) is 0. The van der Waals surface area contributed by atoms with Gasteiger partial charge in [-0.25, -0.2) is 4.98 Å². The van der Waals surface area contributed by atoms with E-state index in [1.807, 2.05) is 44.2 Å². The Balaban J connectivity index is 1.97. The third-order valence-corrected chi connectivity index (χ3v) is 4.12. The highest BCUT2D eigenvalue weighted by atomic mass is 79.9. The number of amides is 1. The van der Waals surface area contributed by atoms with Crippen molar-refractivity contribution in [1.29, 1.82) is 0 Å². The number of nitrogens with one attached hydrogen (secondary N) is 1. The molecule has 1 amide bonds. The summed E-state index contributed by atoms with van der Waals surface area (Å²) >= 11 is 3.39. The number of hydrogen-bond acceptors (Lipinski definition) is 3. The molecule has 1 atom stereocenters. The average molecular weight is 348 g/mol. The molecule has 0 spiro atoms. The van der Waals surface area contributed by atoms with Crippen molar-refractivity contribution in [2.45, 2.75) is 26.2 Å². The molecule has 0 aliphatic carbocycles. The summed E-state index contributed by atoms with van der Waals surface area (Å²) in [4.78, 5) is 16.4. The third kappa shape index (κ3) is 4.29. The third-order valence-electron chi connectivity index (χ3n) is 3.29.